The molecule has 1 amide bonds. The van der Waals surface area contributed by atoms with Crippen molar-refractivity contribution in [3.63, 3.8) is 0 Å². The summed E-state index contributed by atoms with van der Waals surface area (Å²) in [5, 5.41) is 3.02. The Morgan fingerprint density at radius 1 is 0.842 bits per heavy atom. The van der Waals surface area contributed by atoms with Crippen molar-refractivity contribution in [2.45, 2.75) is 20.3 Å². The molecule has 9 nitrogen and oxygen atoms in total. The van der Waals surface area contributed by atoms with Gasteiger partial charge in [-0.15, -0.1) is 0 Å². The van der Waals surface area contributed by atoms with Crippen molar-refractivity contribution in [1.29, 1.82) is 0 Å². The van der Waals surface area contributed by atoms with Crippen LogP contribution in [0.3, 0.4) is 0 Å². The summed E-state index contributed by atoms with van der Waals surface area (Å²) in [4.78, 5) is 36.9. The van der Waals surface area contributed by atoms with Crippen molar-refractivity contribution in [1.82, 2.24) is 5.32 Å². The minimum Gasteiger partial charge on any atom is -0.494 e. The maximum atomic E-state index is 12.5. The zero-order valence-corrected chi connectivity index (χ0v) is 23.6. The first-order chi connectivity index (χ1) is 18.1. The van der Waals surface area contributed by atoms with Crippen molar-refractivity contribution in [3.8, 4) is 11.5 Å². The van der Waals surface area contributed by atoms with Crippen LogP contribution in [0.5, 0.6) is 11.5 Å². The third-order valence-electron chi connectivity index (χ3n) is 5.24. The van der Waals surface area contributed by atoms with Gasteiger partial charge in [0.25, 0.3) is 0 Å². The van der Waals surface area contributed by atoms with Gasteiger partial charge < -0.3 is 29.0 Å². The topological polar surface area (TPSA) is 109 Å². The molecule has 0 aromatic heterocycles. The fourth-order valence-electron chi connectivity index (χ4n) is 3.52. The molecule has 0 spiro atoms. The Morgan fingerprint density at radius 3 is 1.71 bits per heavy atom. The molecule has 11 heteroatoms. The van der Waals surface area contributed by atoms with Crippen molar-refractivity contribution < 1.29 is 38.1 Å². The molecule has 2 rings (SSSR count). The smallest absolute Gasteiger partial charge is 0.407 e. The number of halogens is 2. The van der Waals surface area contributed by atoms with E-state index in [0.717, 1.165) is 0 Å². The summed E-state index contributed by atoms with van der Waals surface area (Å²) in [7, 11) is 5.27. The zero-order chi connectivity index (χ0) is 28.4. The normalized spacial score (nSPS) is 10.4. The highest BCUT2D eigenvalue weighted by Crippen LogP contribution is 2.38. The number of carbonyl (C=O) groups excluding carboxylic acids is 3. The number of nitrogens with one attached hydrogen (secondary N) is 1. The summed E-state index contributed by atoms with van der Waals surface area (Å²) in [6.45, 7) is 4.43. The van der Waals surface area contributed by atoms with Crippen LogP contribution in [0.2, 0.25) is 10.0 Å². The molecule has 0 aliphatic carbocycles. The van der Waals surface area contributed by atoms with E-state index in [1.807, 2.05) is 13.8 Å². The SMILES string of the molecule is COC(=O)c1cc(C(=CCCNC(=O)OCC(C)C)c2cc(Cl)c(OC)c(C(=O)OC)c2)cc(Cl)c1OC. The van der Waals surface area contributed by atoms with Gasteiger partial charge in [0.15, 0.2) is 11.5 Å². The molecule has 0 aliphatic rings. The zero-order valence-electron chi connectivity index (χ0n) is 22.1. The van der Waals surface area contributed by atoms with Crippen LogP contribution in [0.1, 0.15) is 52.1 Å². The summed E-state index contributed by atoms with van der Waals surface area (Å²) in [5.41, 5.74) is 1.79. The Kier molecular flexibility index (Phi) is 11.7. The lowest BCUT2D eigenvalue weighted by molar-refractivity contribution is 0.0588. The Hall–Kier alpha value is -3.43. The molecule has 2 aromatic rings. The summed E-state index contributed by atoms with van der Waals surface area (Å²) in [6.07, 6.45) is 1.64. The lowest BCUT2D eigenvalue weighted by Gasteiger charge is -2.17. The Bertz CT molecular complexity index is 1130. The number of rotatable bonds is 11. The highest BCUT2D eigenvalue weighted by Gasteiger charge is 2.22. The predicted octanol–water partition coefficient (Wildman–Crippen LogP) is 5.79. The van der Waals surface area contributed by atoms with Crippen molar-refractivity contribution in [2.75, 3.05) is 41.6 Å². The fourth-order valence-corrected chi connectivity index (χ4v) is 4.12. The van der Waals surface area contributed by atoms with Gasteiger partial charge in [0.1, 0.15) is 11.1 Å². The number of hydrogen-bond donors (Lipinski definition) is 1. The summed E-state index contributed by atoms with van der Waals surface area (Å²) < 4.78 is 25.5. The van der Waals surface area contributed by atoms with Gasteiger partial charge in [-0.05, 0) is 53.3 Å². The third-order valence-corrected chi connectivity index (χ3v) is 5.80. The first-order valence-electron chi connectivity index (χ1n) is 11.6. The van der Waals surface area contributed by atoms with Crippen LogP contribution in [-0.4, -0.2) is 59.6 Å². The van der Waals surface area contributed by atoms with E-state index in [1.54, 1.807) is 30.3 Å². The van der Waals surface area contributed by atoms with E-state index in [-0.39, 0.29) is 45.1 Å². The van der Waals surface area contributed by atoms with E-state index in [1.165, 1.54) is 28.4 Å². The second-order valence-corrected chi connectivity index (χ2v) is 9.20. The van der Waals surface area contributed by atoms with E-state index in [0.29, 0.717) is 29.7 Å². The summed E-state index contributed by atoms with van der Waals surface area (Å²) in [5.74, 6) is -0.789. The average molecular weight is 568 g/mol. The molecule has 0 aliphatic heterocycles. The number of ether oxygens (including phenoxy) is 5. The Balaban J connectivity index is 2.61. The molecule has 0 bridgehead atoms. The molecule has 2 aromatic carbocycles. The van der Waals surface area contributed by atoms with Crippen molar-refractivity contribution >= 4 is 46.8 Å². The third kappa shape index (κ3) is 7.79. The molecule has 0 radical (unpaired) electrons. The van der Waals surface area contributed by atoms with Crippen LogP contribution in [0.25, 0.3) is 5.57 Å². The van der Waals surface area contributed by atoms with Crippen LogP contribution >= 0.6 is 23.2 Å². The lowest BCUT2D eigenvalue weighted by Crippen LogP contribution is -2.26. The molecule has 0 fully saturated rings. The fraction of sp³-hybridized carbons (Fsp3) is 0.370. The molecule has 38 heavy (non-hydrogen) atoms. The largest absolute Gasteiger partial charge is 0.494 e. The minimum atomic E-state index is -0.650. The Morgan fingerprint density at radius 2 is 1.32 bits per heavy atom. The van der Waals surface area contributed by atoms with Crippen molar-refractivity contribution in [3.05, 3.63) is 62.6 Å². The van der Waals surface area contributed by atoms with Gasteiger partial charge in [-0.1, -0.05) is 43.1 Å². The molecule has 1 N–H and O–H groups in total. The number of alkyl carbamates (subject to hydrolysis) is 1. The van der Waals surface area contributed by atoms with Crippen LogP contribution in [0.4, 0.5) is 4.79 Å². The number of carbonyl (C=O) groups is 3. The first-order valence-corrected chi connectivity index (χ1v) is 12.4. The van der Waals surface area contributed by atoms with E-state index in [2.05, 4.69) is 5.32 Å². The van der Waals surface area contributed by atoms with Crippen LogP contribution in [-0.2, 0) is 14.2 Å². The van der Waals surface area contributed by atoms with Gasteiger partial charge in [0, 0.05) is 6.54 Å². The monoisotopic (exact) mass is 567 g/mol. The van der Waals surface area contributed by atoms with Gasteiger partial charge in [0.2, 0.25) is 0 Å². The van der Waals surface area contributed by atoms with Crippen LogP contribution in [0.15, 0.2) is 30.3 Å². The number of hydrogen-bond acceptors (Lipinski definition) is 8. The maximum absolute atomic E-state index is 12.5. The lowest BCUT2D eigenvalue weighted by atomic mass is 9.93. The quantitative estimate of drug-likeness (QED) is 0.206. The number of benzene rings is 2. The van der Waals surface area contributed by atoms with Crippen molar-refractivity contribution in [2.24, 2.45) is 5.92 Å². The van der Waals surface area contributed by atoms with E-state index in [4.69, 9.17) is 46.9 Å². The highest BCUT2D eigenvalue weighted by atomic mass is 35.5. The van der Waals surface area contributed by atoms with E-state index in [9.17, 15) is 14.4 Å². The molecule has 0 heterocycles. The minimum absolute atomic E-state index is 0.103. The molecule has 0 saturated carbocycles. The van der Waals surface area contributed by atoms with Gasteiger partial charge in [0.05, 0.1) is 45.1 Å². The molecule has 0 atom stereocenters. The Labute approximate surface area is 231 Å². The van der Waals surface area contributed by atoms with Crippen LogP contribution < -0.4 is 14.8 Å². The van der Waals surface area contributed by atoms with E-state index < -0.39 is 18.0 Å². The van der Waals surface area contributed by atoms with Gasteiger partial charge in [-0.3, -0.25) is 0 Å². The summed E-state index contributed by atoms with van der Waals surface area (Å²) in [6, 6.07) is 6.34. The molecule has 206 valence electrons. The number of amides is 1. The molecular weight excluding hydrogens is 537 g/mol. The number of esters is 2. The summed E-state index contributed by atoms with van der Waals surface area (Å²) >= 11 is 12.9. The average Bonchev–Trinajstić information content (AvgIpc) is 2.89. The standard InChI is InChI=1S/C27H31Cl2NO8/c1-15(2)14-38-27(33)30-9-7-8-18(16-10-19(25(31)36-5)23(34-3)21(28)12-16)17-11-20(26(32)37-6)24(35-4)22(29)13-17/h8,10-13,15H,7,9,14H2,1-6H3,(H,30,33). The second kappa shape index (κ2) is 14.5. The molecule has 0 saturated heterocycles. The van der Waals surface area contributed by atoms with Gasteiger partial charge >= 0.3 is 18.0 Å². The molecule has 0 unspecified atom stereocenters. The maximum Gasteiger partial charge on any atom is 0.407 e. The van der Waals surface area contributed by atoms with Gasteiger partial charge in [-0.2, -0.15) is 0 Å². The second-order valence-electron chi connectivity index (χ2n) is 8.39. The van der Waals surface area contributed by atoms with Crippen LogP contribution in [0, 0.1) is 5.92 Å². The first kappa shape index (κ1) is 30.8. The van der Waals surface area contributed by atoms with E-state index >= 15 is 0 Å². The molecular formula is C27H31Cl2NO8. The van der Waals surface area contributed by atoms with Gasteiger partial charge in [-0.25, -0.2) is 14.4 Å². The highest BCUT2D eigenvalue weighted by molar-refractivity contribution is 6.33. The number of methoxy groups -OCH3 is 4. The predicted molar refractivity (Wildman–Crippen MR) is 145 cm³/mol.